The Labute approximate surface area is 154 Å². The number of hydrogen-bond acceptors (Lipinski definition) is 7. The lowest BCUT2D eigenvalue weighted by Gasteiger charge is -2.14. The van der Waals surface area contributed by atoms with Crippen LogP contribution in [0.5, 0.6) is 0 Å². The first-order valence-electron chi connectivity index (χ1n) is 7.72. The summed E-state index contributed by atoms with van der Waals surface area (Å²) in [5, 5.41) is 7.54. The Bertz CT molecular complexity index is 1110. The third-order valence-corrected chi connectivity index (χ3v) is 4.61. The van der Waals surface area contributed by atoms with E-state index in [1.165, 1.54) is 43.6 Å². The Kier molecular flexibility index (Phi) is 4.93. The zero-order chi connectivity index (χ0) is 19.6. The average molecular weight is 389 g/mol. The van der Waals surface area contributed by atoms with Crippen LogP contribution in [0.25, 0.3) is 11.1 Å². The molecule has 9 nitrogen and oxygen atoms in total. The number of nitrogens with two attached hydrogens (primary N) is 1. The molecule has 0 bridgehead atoms. The summed E-state index contributed by atoms with van der Waals surface area (Å²) in [5.41, 5.74) is 1.28. The molecule has 0 aliphatic carbocycles. The maximum atomic E-state index is 12.3. The Morgan fingerprint density at radius 2 is 1.89 bits per heavy atom. The van der Waals surface area contributed by atoms with Gasteiger partial charge < -0.3 is 14.5 Å². The SMILES string of the molecule is CC(OC(=O)c1cccc2ocnc12)C(=O)Nc1ccc(S(N)(=O)=O)cc1. The van der Waals surface area contributed by atoms with Crippen LogP contribution >= 0.6 is 0 Å². The van der Waals surface area contributed by atoms with E-state index in [2.05, 4.69) is 10.3 Å². The quantitative estimate of drug-likeness (QED) is 0.632. The molecule has 1 amide bonds. The van der Waals surface area contributed by atoms with Crippen molar-refractivity contribution in [3.8, 4) is 0 Å². The minimum absolute atomic E-state index is 0.0827. The van der Waals surface area contributed by atoms with Crippen molar-refractivity contribution >= 4 is 38.7 Å². The number of nitrogens with one attached hydrogen (secondary N) is 1. The summed E-state index contributed by atoms with van der Waals surface area (Å²) < 4.78 is 32.8. The minimum Gasteiger partial charge on any atom is -0.449 e. The first-order chi connectivity index (χ1) is 12.8. The lowest BCUT2D eigenvalue weighted by molar-refractivity contribution is -0.123. The van der Waals surface area contributed by atoms with Crippen molar-refractivity contribution in [1.29, 1.82) is 0 Å². The third kappa shape index (κ3) is 4.13. The van der Waals surface area contributed by atoms with Gasteiger partial charge in [-0.05, 0) is 43.3 Å². The molecule has 1 aromatic heterocycles. The van der Waals surface area contributed by atoms with Crippen LogP contribution in [0.15, 0.2) is 58.2 Å². The van der Waals surface area contributed by atoms with Gasteiger partial charge in [0, 0.05) is 5.69 Å². The molecule has 1 unspecified atom stereocenters. The molecule has 3 aromatic rings. The highest BCUT2D eigenvalue weighted by Crippen LogP contribution is 2.19. The summed E-state index contributed by atoms with van der Waals surface area (Å²) in [7, 11) is -3.82. The van der Waals surface area contributed by atoms with E-state index in [4.69, 9.17) is 14.3 Å². The summed E-state index contributed by atoms with van der Waals surface area (Å²) in [5.74, 6) is -1.30. The second-order valence-corrected chi connectivity index (χ2v) is 7.17. The Hall–Kier alpha value is -3.24. The topological polar surface area (TPSA) is 142 Å². The average Bonchev–Trinajstić information content (AvgIpc) is 3.09. The first kappa shape index (κ1) is 18.5. The van der Waals surface area contributed by atoms with Gasteiger partial charge in [-0.2, -0.15) is 0 Å². The highest BCUT2D eigenvalue weighted by Gasteiger charge is 2.21. The Morgan fingerprint density at radius 1 is 1.19 bits per heavy atom. The molecular formula is C17H15N3O6S. The monoisotopic (exact) mass is 389 g/mol. The van der Waals surface area contributed by atoms with Crippen LogP contribution in [0.2, 0.25) is 0 Å². The van der Waals surface area contributed by atoms with E-state index < -0.39 is 28.0 Å². The van der Waals surface area contributed by atoms with Crippen LogP contribution in [0.3, 0.4) is 0 Å². The normalized spacial score (nSPS) is 12.5. The minimum atomic E-state index is -3.82. The van der Waals surface area contributed by atoms with Gasteiger partial charge in [0.25, 0.3) is 5.91 Å². The number of fused-ring (bicyclic) bond motifs is 1. The van der Waals surface area contributed by atoms with Crippen molar-refractivity contribution in [3.05, 3.63) is 54.4 Å². The van der Waals surface area contributed by atoms with Gasteiger partial charge in [-0.15, -0.1) is 0 Å². The second-order valence-electron chi connectivity index (χ2n) is 5.61. The zero-order valence-electron chi connectivity index (χ0n) is 14.1. The molecule has 27 heavy (non-hydrogen) atoms. The van der Waals surface area contributed by atoms with Gasteiger partial charge in [-0.3, -0.25) is 4.79 Å². The fourth-order valence-corrected chi connectivity index (χ4v) is 2.82. The summed E-state index contributed by atoms with van der Waals surface area (Å²) in [4.78, 5) is 28.4. The van der Waals surface area contributed by atoms with Crippen LogP contribution in [0.1, 0.15) is 17.3 Å². The van der Waals surface area contributed by atoms with Crippen LogP contribution in [0.4, 0.5) is 5.69 Å². The van der Waals surface area contributed by atoms with Crippen molar-refractivity contribution in [2.75, 3.05) is 5.32 Å². The molecule has 0 radical (unpaired) electrons. The highest BCUT2D eigenvalue weighted by atomic mass is 32.2. The number of oxazole rings is 1. The van der Waals surface area contributed by atoms with E-state index in [0.29, 0.717) is 16.8 Å². The van der Waals surface area contributed by atoms with E-state index in [1.807, 2.05) is 0 Å². The number of rotatable bonds is 5. The second kappa shape index (κ2) is 7.17. The van der Waals surface area contributed by atoms with Gasteiger partial charge >= 0.3 is 5.97 Å². The third-order valence-electron chi connectivity index (χ3n) is 3.68. The number of carbonyl (C=O) groups excluding carboxylic acids is 2. The number of benzene rings is 2. The molecule has 1 atom stereocenters. The summed E-state index contributed by atoms with van der Waals surface area (Å²) in [6, 6.07) is 10.1. The highest BCUT2D eigenvalue weighted by molar-refractivity contribution is 7.89. The van der Waals surface area contributed by atoms with Gasteiger partial charge in [0.2, 0.25) is 10.0 Å². The molecule has 0 saturated carbocycles. The lowest BCUT2D eigenvalue weighted by Crippen LogP contribution is -2.30. The number of primary sulfonamides is 1. The molecule has 0 aliphatic rings. The molecule has 0 aliphatic heterocycles. The van der Waals surface area contributed by atoms with E-state index in [1.54, 1.807) is 12.1 Å². The molecular weight excluding hydrogens is 374 g/mol. The maximum absolute atomic E-state index is 12.3. The maximum Gasteiger partial charge on any atom is 0.341 e. The summed E-state index contributed by atoms with van der Waals surface area (Å²) in [6.45, 7) is 1.41. The molecule has 0 saturated heterocycles. The number of esters is 1. The van der Waals surface area contributed by atoms with Gasteiger partial charge in [-0.1, -0.05) is 6.07 Å². The number of carbonyl (C=O) groups is 2. The van der Waals surface area contributed by atoms with Crippen LogP contribution in [-0.2, 0) is 19.6 Å². The first-order valence-corrected chi connectivity index (χ1v) is 9.27. The van der Waals surface area contributed by atoms with Crippen molar-refractivity contribution in [2.45, 2.75) is 17.9 Å². The van der Waals surface area contributed by atoms with Crippen LogP contribution in [0, 0.1) is 0 Å². The number of hydrogen-bond donors (Lipinski definition) is 2. The van der Waals surface area contributed by atoms with Gasteiger partial charge in [0.15, 0.2) is 18.1 Å². The number of sulfonamides is 1. The van der Waals surface area contributed by atoms with Crippen LogP contribution < -0.4 is 10.5 Å². The molecule has 0 spiro atoms. The van der Waals surface area contributed by atoms with Crippen molar-refractivity contribution < 1.29 is 27.2 Å². The van der Waals surface area contributed by atoms with E-state index >= 15 is 0 Å². The fraction of sp³-hybridized carbons (Fsp3) is 0.118. The molecule has 3 N–H and O–H groups in total. The molecule has 0 fully saturated rings. The number of amides is 1. The Morgan fingerprint density at radius 3 is 2.56 bits per heavy atom. The summed E-state index contributed by atoms with van der Waals surface area (Å²) in [6.07, 6.45) is 0.112. The van der Waals surface area contributed by atoms with Crippen molar-refractivity contribution in [2.24, 2.45) is 5.14 Å². The van der Waals surface area contributed by atoms with Gasteiger partial charge in [0.1, 0.15) is 5.52 Å². The molecule has 3 rings (SSSR count). The standard InChI is InChI=1S/C17H15N3O6S/c1-10(16(21)20-11-5-7-12(8-6-11)27(18,23)24)26-17(22)13-3-2-4-14-15(13)19-9-25-14/h2-10H,1H3,(H,20,21)(H2,18,23,24). The number of ether oxygens (including phenoxy) is 1. The molecule has 2 aromatic carbocycles. The smallest absolute Gasteiger partial charge is 0.341 e. The molecule has 140 valence electrons. The van der Waals surface area contributed by atoms with E-state index in [-0.39, 0.29) is 10.5 Å². The van der Waals surface area contributed by atoms with Crippen molar-refractivity contribution in [3.63, 3.8) is 0 Å². The van der Waals surface area contributed by atoms with Gasteiger partial charge in [-0.25, -0.2) is 23.3 Å². The number of anilines is 1. The molecule has 10 heteroatoms. The fourth-order valence-electron chi connectivity index (χ4n) is 2.30. The zero-order valence-corrected chi connectivity index (χ0v) is 14.9. The molecule has 1 heterocycles. The van der Waals surface area contributed by atoms with E-state index in [9.17, 15) is 18.0 Å². The van der Waals surface area contributed by atoms with Crippen LogP contribution in [-0.4, -0.2) is 31.4 Å². The number of aromatic nitrogens is 1. The number of para-hydroxylation sites is 1. The largest absolute Gasteiger partial charge is 0.449 e. The summed E-state index contributed by atoms with van der Waals surface area (Å²) >= 11 is 0. The van der Waals surface area contributed by atoms with Gasteiger partial charge in [0.05, 0.1) is 10.5 Å². The Balaban J connectivity index is 1.67. The lowest BCUT2D eigenvalue weighted by atomic mass is 10.2. The van der Waals surface area contributed by atoms with E-state index in [0.717, 1.165) is 0 Å². The predicted octanol–water partition coefficient (Wildman–Crippen LogP) is 1.66. The number of nitrogens with zero attached hydrogens (tertiary/aromatic N) is 1. The predicted molar refractivity (Wildman–Crippen MR) is 95.3 cm³/mol. The van der Waals surface area contributed by atoms with Crippen molar-refractivity contribution in [1.82, 2.24) is 4.98 Å².